The zero-order valence-electron chi connectivity index (χ0n) is 11.0. The summed E-state index contributed by atoms with van der Waals surface area (Å²) >= 11 is 0. The van der Waals surface area contributed by atoms with E-state index in [9.17, 15) is 26.7 Å². The summed E-state index contributed by atoms with van der Waals surface area (Å²) in [7, 11) is -4.20. The maximum atomic E-state index is 13.5. The second-order valence-electron chi connectivity index (χ2n) is 4.80. The van der Waals surface area contributed by atoms with Crippen LogP contribution >= 0.6 is 0 Å². The lowest BCUT2D eigenvalue weighted by molar-refractivity contribution is 0.156. The number of aliphatic hydroxyl groups excluding tert-OH is 1. The first-order valence-corrected chi connectivity index (χ1v) is 7.84. The molecule has 2 rings (SSSR count). The number of hydrogen-bond donors (Lipinski definition) is 2. The van der Waals surface area contributed by atoms with Crippen LogP contribution in [0.1, 0.15) is 19.3 Å². The quantitative estimate of drug-likeness (QED) is 0.827. The van der Waals surface area contributed by atoms with Crippen LogP contribution in [0, 0.1) is 17.5 Å². The highest BCUT2D eigenvalue weighted by molar-refractivity contribution is 7.90. The topological polar surface area (TPSA) is 69.6 Å². The molecule has 1 aliphatic heterocycles. The second-order valence-corrected chi connectivity index (χ2v) is 6.42. The minimum atomic E-state index is -4.20. The summed E-state index contributed by atoms with van der Waals surface area (Å²) in [5.41, 5.74) is -0.797. The fourth-order valence-electron chi connectivity index (χ4n) is 2.30. The summed E-state index contributed by atoms with van der Waals surface area (Å²) in [5, 5.41) is 9.21. The van der Waals surface area contributed by atoms with Gasteiger partial charge in [0.05, 0.1) is 12.3 Å². The Morgan fingerprint density at radius 3 is 2.67 bits per heavy atom. The van der Waals surface area contributed by atoms with E-state index in [-0.39, 0.29) is 13.2 Å². The van der Waals surface area contributed by atoms with Crippen LogP contribution in [-0.4, -0.2) is 37.0 Å². The summed E-state index contributed by atoms with van der Waals surface area (Å²) in [6, 6.07) is 0.260. The van der Waals surface area contributed by atoms with E-state index in [0.29, 0.717) is 25.0 Å². The van der Waals surface area contributed by atoms with E-state index in [2.05, 4.69) is 0 Å². The van der Waals surface area contributed by atoms with Gasteiger partial charge in [0, 0.05) is 24.7 Å². The van der Waals surface area contributed by atoms with E-state index in [1.165, 1.54) is 0 Å². The van der Waals surface area contributed by atoms with E-state index in [1.54, 1.807) is 0 Å². The molecule has 0 amide bonds. The minimum Gasteiger partial charge on any atom is -0.395 e. The Morgan fingerprint density at radius 2 is 2.00 bits per heavy atom. The zero-order chi connectivity index (χ0) is 15.6. The summed E-state index contributed by atoms with van der Waals surface area (Å²) in [6.07, 6.45) is 1.83. The van der Waals surface area contributed by atoms with Gasteiger partial charge in [-0.1, -0.05) is 6.42 Å². The van der Waals surface area contributed by atoms with Gasteiger partial charge in [-0.3, -0.25) is 4.72 Å². The maximum Gasteiger partial charge on any atom is 0.302 e. The molecule has 2 N–H and O–H groups in total. The number of rotatable bonds is 4. The Labute approximate surface area is 120 Å². The molecule has 21 heavy (non-hydrogen) atoms. The highest BCUT2D eigenvalue weighted by Crippen LogP contribution is 2.24. The zero-order valence-corrected chi connectivity index (χ0v) is 11.8. The van der Waals surface area contributed by atoms with Crippen molar-refractivity contribution < 1.29 is 26.7 Å². The maximum absolute atomic E-state index is 13.5. The molecular formula is C12H15F3N2O3S. The third-order valence-electron chi connectivity index (χ3n) is 3.32. The Morgan fingerprint density at radius 1 is 1.29 bits per heavy atom. The third-order valence-corrected chi connectivity index (χ3v) is 4.90. The van der Waals surface area contributed by atoms with Crippen molar-refractivity contribution >= 4 is 15.9 Å². The van der Waals surface area contributed by atoms with Crippen LogP contribution in [0.2, 0.25) is 0 Å². The summed E-state index contributed by atoms with van der Waals surface area (Å²) in [6.45, 7) is -0.221. The highest BCUT2D eigenvalue weighted by atomic mass is 32.2. The largest absolute Gasteiger partial charge is 0.395 e. The fraction of sp³-hybridized carbons (Fsp3) is 0.500. The van der Waals surface area contributed by atoms with Crippen molar-refractivity contribution in [3.05, 3.63) is 29.6 Å². The Balaban J connectivity index is 2.29. The van der Waals surface area contributed by atoms with Crippen molar-refractivity contribution in [1.29, 1.82) is 0 Å². The second kappa shape index (κ2) is 6.20. The van der Waals surface area contributed by atoms with Crippen molar-refractivity contribution in [2.75, 3.05) is 17.9 Å². The average molecular weight is 324 g/mol. The number of halogens is 3. The molecule has 0 radical (unpaired) electrons. The molecule has 5 nitrogen and oxygen atoms in total. The van der Waals surface area contributed by atoms with Crippen LogP contribution < -0.4 is 4.72 Å². The van der Waals surface area contributed by atoms with Gasteiger partial charge >= 0.3 is 10.2 Å². The molecule has 118 valence electrons. The molecule has 1 heterocycles. The van der Waals surface area contributed by atoms with E-state index in [0.717, 1.165) is 10.7 Å². The van der Waals surface area contributed by atoms with Crippen molar-refractivity contribution in [2.24, 2.45) is 0 Å². The third kappa shape index (κ3) is 3.47. The van der Waals surface area contributed by atoms with Crippen molar-refractivity contribution in [1.82, 2.24) is 4.31 Å². The van der Waals surface area contributed by atoms with E-state index >= 15 is 0 Å². The summed E-state index contributed by atoms with van der Waals surface area (Å²) in [4.78, 5) is 0. The average Bonchev–Trinajstić information content (AvgIpc) is 2.44. The van der Waals surface area contributed by atoms with Crippen molar-refractivity contribution in [3.63, 3.8) is 0 Å². The summed E-state index contributed by atoms with van der Waals surface area (Å²) < 4.78 is 66.9. The van der Waals surface area contributed by atoms with E-state index < -0.39 is 39.4 Å². The number of benzene rings is 1. The van der Waals surface area contributed by atoms with Gasteiger partial charge in [0.25, 0.3) is 0 Å². The van der Waals surface area contributed by atoms with Gasteiger partial charge in [-0.05, 0) is 12.8 Å². The minimum absolute atomic E-state index is 0.153. The molecule has 0 saturated carbocycles. The SMILES string of the molecule is O=S(=O)(Nc1cc(F)cc(F)c1F)N1CCCCC1CO. The van der Waals surface area contributed by atoms with Crippen LogP contribution in [-0.2, 0) is 10.2 Å². The molecule has 1 saturated heterocycles. The predicted molar refractivity (Wildman–Crippen MR) is 70.3 cm³/mol. The first kappa shape index (κ1) is 16.1. The summed E-state index contributed by atoms with van der Waals surface area (Å²) in [5.74, 6) is -4.05. The molecule has 1 aromatic rings. The smallest absolute Gasteiger partial charge is 0.302 e. The molecule has 0 aliphatic carbocycles. The molecule has 1 aromatic carbocycles. The van der Waals surface area contributed by atoms with Gasteiger partial charge in [0.2, 0.25) is 0 Å². The molecule has 1 unspecified atom stereocenters. The molecule has 9 heteroatoms. The first-order chi connectivity index (χ1) is 9.85. The predicted octanol–water partition coefficient (Wildman–Crippen LogP) is 1.61. The van der Waals surface area contributed by atoms with Crippen LogP contribution in [0.4, 0.5) is 18.9 Å². The Kier molecular flexibility index (Phi) is 4.74. The number of aliphatic hydroxyl groups is 1. The lowest BCUT2D eigenvalue weighted by Crippen LogP contribution is -2.48. The lowest BCUT2D eigenvalue weighted by atomic mass is 10.1. The van der Waals surface area contributed by atoms with Gasteiger partial charge in [0.15, 0.2) is 11.6 Å². The van der Waals surface area contributed by atoms with Gasteiger partial charge in [-0.2, -0.15) is 12.7 Å². The lowest BCUT2D eigenvalue weighted by Gasteiger charge is -2.33. The van der Waals surface area contributed by atoms with Crippen molar-refractivity contribution in [2.45, 2.75) is 25.3 Å². The molecule has 1 fully saturated rings. The number of nitrogens with zero attached hydrogens (tertiary/aromatic N) is 1. The van der Waals surface area contributed by atoms with Gasteiger partial charge in [-0.25, -0.2) is 13.2 Å². The van der Waals surface area contributed by atoms with Crippen molar-refractivity contribution in [3.8, 4) is 0 Å². The molecule has 0 spiro atoms. The number of anilines is 1. The number of piperidine rings is 1. The van der Waals surface area contributed by atoms with Gasteiger partial charge in [-0.15, -0.1) is 0 Å². The van der Waals surface area contributed by atoms with Gasteiger partial charge < -0.3 is 5.11 Å². The Bertz CT molecular complexity index is 624. The molecule has 0 bridgehead atoms. The highest BCUT2D eigenvalue weighted by Gasteiger charge is 2.32. The van der Waals surface area contributed by atoms with Crippen LogP contribution in [0.15, 0.2) is 12.1 Å². The Hall–Kier alpha value is -1.32. The van der Waals surface area contributed by atoms with Gasteiger partial charge in [0.1, 0.15) is 5.82 Å². The molecule has 1 aliphatic rings. The molecule has 0 aromatic heterocycles. The first-order valence-electron chi connectivity index (χ1n) is 6.40. The van der Waals surface area contributed by atoms with Crippen LogP contribution in [0.3, 0.4) is 0 Å². The molecular weight excluding hydrogens is 309 g/mol. The number of nitrogens with one attached hydrogen (secondary N) is 1. The number of hydrogen-bond acceptors (Lipinski definition) is 3. The normalized spacial score (nSPS) is 20.5. The monoisotopic (exact) mass is 324 g/mol. The van der Waals surface area contributed by atoms with E-state index in [4.69, 9.17) is 0 Å². The fourth-order valence-corrected chi connectivity index (χ4v) is 3.78. The van der Waals surface area contributed by atoms with Crippen LogP contribution in [0.25, 0.3) is 0 Å². The van der Waals surface area contributed by atoms with Crippen LogP contribution in [0.5, 0.6) is 0 Å². The standard InChI is InChI=1S/C12H15F3N2O3S/c13-8-5-10(14)12(15)11(6-8)16-21(19,20)17-4-2-1-3-9(17)7-18/h5-6,9,16,18H,1-4,7H2. The molecule has 1 atom stereocenters. The van der Waals surface area contributed by atoms with E-state index in [1.807, 2.05) is 4.72 Å².